The molecule has 0 aliphatic carbocycles. The maximum absolute atomic E-state index is 13.0. The van der Waals surface area contributed by atoms with Crippen LogP contribution in [0.1, 0.15) is 30.2 Å². The van der Waals surface area contributed by atoms with Gasteiger partial charge in [0.05, 0.1) is 17.1 Å². The molecule has 0 fully saturated rings. The van der Waals surface area contributed by atoms with E-state index in [2.05, 4.69) is 20.6 Å². The van der Waals surface area contributed by atoms with Crippen LogP contribution in [0, 0.1) is 0 Å². The van der Waals surface area contributed by atoms with Crippen molar-refractivity contribution in [2.24, 2.45) is 4.99 Å². The lowest BCUT2D eigenvalue weighted by atomic mass is 10.1. The first-order valence-corrected chi connectivity index (χ1v) is 11.3. The standard InChI is InChI=1S/C25H22ClF3N4O2/c1-15-14-31-24(32-15)22-13-19(9-10-30-22)35-18-4-2-3-16(11-18)5-8-23(34)33-17-6-7-21(26)20(12-17)25(27,28)29/h2-4,6-7,9-13,15H,5,8,14H2,1H3,(H,31,32)(H,33,34). The van der Waals surface area contributed by atoms with Crippen LogP contribution in [-0.2, 0) is 17.4 Å². The molecule has 1 amide bonds. The molecule has 0 spiro atoms. The Morgan fingerprint density at radius 2 is 1.97 bits per heavy atom. The first-order chi connectivity index (χ1) is 16.7. The molecule has 0 radical (unpaired) electrons. The first kappa shape index (κ1) is 24.5. The maximum Gasteiger partial charge on any atom is 0.417 e. The number of nitrogens with zero attached hydrogens (tertiary/aromatic N) is 2. The number of rotatable bonds is 7. The number of aliphatic imine (C=N–C) groups is 1. The topological polar surface area (TPSA) is 75.6 Å². The van der Waals surface area contributed by atoms with Gasteiger partial charge in [-0.1, -0.05) is 23.7 Å². The summed E-state index contributed by atoms with van der Waals surface area (Å²) in [4.78, 5) is 21.1. The summed E-state index contributed by atoms with van der Waals surface area (Å²) < 4.78 is 45.0. The van der Waals surface area contributed by atoms with Crippen molar-refractivity contribution in [3.63, 3.8) is 0 Å². The number of aromatic nitrogens is 1. The molecule has 6 nitrogen and oxygen atoms in total. The summed E-state index contributed by atoms with van der Waals surface area (Å²) >= 11 is 5.62. The van der Waals surface area contributed by atoms with Crippen LogP contribution in [0.5, 0.6) is 11.5 Å². The van der Waals surface area contributed by atoms with Crippen LogP contribution >= 0.6 is 11.6 Å². The minimum absolute atomic E-state index is 0.0352. The molecule has 10 heteroatoms. The third-order valence-electron chi connectivity index (χ3n) is 5.21. The quantitative estimate of drug-likeness (QED) is 0.424. The molecule has 2 aromatic carbocycles. The largest absolute Gasteiger partial charge is 0.457 e. The van der Waals surface area contributed by atoms with Crippen LogP contribution in [0.4, 0.5) is 18.9 Å². The van der Waals surface area contributed by atoms with E-state index in [0.29, 0.717) is 30.2 Å². The van der Waals surface area contributed by atoms with Crippen molar-refractivity contribution in [3.05, 3.63) is 82.6 Å². The number of carbonyl (C=O) groups is 1. The Morgan fingerprint density at radius 3 is 2.71 bits per heavy atom. The van der Waals surface area contributed by atoms with Gasteiger partial charge in [-0.2, -0.15) is 13.2 Å². The van der Waals surface area contributed by atoms with Gasteiger partial charge >= 0.3 is 6.18 Å². The number of carbonyl (C=O) groups excluding carboxylic acids is 1. The summed E-state index contributed by atoms with van der Waals surface area (Å²) in [6.07, 6.45) is -2.50. The van der Waals surface area contributed by atoms with Gasteiger partial charge in [-0.05, 0) is 55.3 Å². The van der Waals surface area contributed by atoms with Crippen molar-refractivity contribution >= 4 is 29.0 Å². The summed E-state index contributed by atoms with van der Waals surface area (Å²) in [7, 11) is 0. The molecule has 1 unspecified atom stereocenters. The van der Waals surface area contributed by atoms with Crippen LogP contribution in [0.2, 0.25) is 5.02 Å². The van der Waals surface area contributed by atoms with E-state index in [4.69, 9.17) is 16.3 Å². The number of benzene rings is 2. The average Bonchev–Trinajstić information content (AvgIpc) is 3.25. The van der Waals surface area contributed by atoms with Crippen LogP contribution in [0.25, 0.3) is 0 Å². The molecule has 0 saturated carbocycles. The van der Waals surface area contributed by atoms with E-state index in [0.717, 1.165) is 23.5 Å². The van der Waals surface area contributed by atoms with Gasteiger partial charge in [-0.3, -0.25) is 14.8 Å². The van der Waals surface area contributed by atoms with Crippen molar-refractivity contribution in [2.45, 2.75) is 32.0 Å². The van der Waals surface area contributed by atoms with Gasteiger partial charge in [0, 0.05) is 30.4 Å². The molecule has 1 aliphatic heterocycles. The third-order valence-corrected chi connectivity index (χ3v) is 5.54. The predicted octanol–water partition coefficient (Wildman–Crippen LogP) is 5.86. The first-order valence-electron chi connectivity index (χ1n) is 10.9. The van der Waals surface area contributed by atoms with Crippen LogP contribution in [-0.4, -0.2) is 29.3 Å². The number of ether oxygens (including phenoxy) is 1. The summed E-state index contributed by atoms with van der Waals surface area (Å²) in [5, 5.41) is 5.33. The Labute approximate surface area is 205 Å². The number of hydrogen-bond acceptors (Lipinski definition) is 5. The van der Waals surface area contributed by atoms with E-state index in [9.17, 15) is 18.0 Å². The van der Waals surface area contributed by atoms with E-state index in [1.54, 1.807) is 24.4 Å². The van der Waals surface area contributed by atoms with Crippen molar-refractivity contribution < 1.29 is 22.7 Å². The van der Waals surface area contributed by atoms with Crippen molar-refractivity contribution in [2.75, 3.05) is 11.9 Å². The summed E-state index contributed by atoms with van der Waals surface area (Å²) in [5.74, 6) is 1.50. The Hall–Kier alpha value is -3.59. The zero-order valence-electron chi connectivity index (χ0n) is 18.7. The Bertz CT molecular complexity index is 1260. The fourth-order valence-corrected chi connectivity index (χ4v) is 3.74. The number of halogens is 4. The second kappa shape index (κ2) is 10.4. The van der Waals surface area contributed by atoms with Gasteiger partial charge in [0.15, 0.2) is 0 Å². The molecule has 4 rings (SSSR count). The minimum atomic E-state index is -4.60. The fourth-order valence-electron chi connectivity index (χ4n) is 3.51. The highest BCUT2D eigenvalue weighted by molar-refractivity contribution is 6.31. The molecule has 1 aliphatic rings. The van der Waals surface area contributed by atoms with Gasteiger partial charge in [0.2, 0.25) is 5.91 Å². The summed E-state index contributed by atoms with van der Waals surface area (Å²) in [6, 6.07) is 14.3. The van der Waals surface area contributed by atoms with Gasteiger partial charge in [0.1, 0.15) is 23.0 Å². The molecule has 2 N–H and O–H groups in total. The second-order valence-electron chi connectivity index (χ2n) is 8.10. The maximum atomic E-state index is 13.0. The number of nitrogens with one attached hydrogen (secondary N) is 2. The van der Waals surface area contributed by atoms with Gasteiger partial charge in [-0.25, -0.2) is 0 Å². The molecule has 3 aromatic rings. The number of alkyl halides is 3. The van der Waals surface area contributed by atoms with E-state index in [1.165, 1.54) is 6.07 Å². The molecule has 182 valence electrons. The van der Waals surface area contributed by atoms with Crippen molar-refractivity contribution in [3.8, 4) is 11.5 Å². The molecular formula is C25H22ClF3N4O2. The van der Waals surface area contributed by atoms with E-state index >= 15 is 0 Å². The molecule has 1 atom stereocenters. The van der Waals surface area contributed by atoms with Crippen LogP contribution < -0.4 is 15.4 Å². The van der Waals surface area contributed by atoms with E-state index in [-0.39, 0.29) is 18.2 Å². The normalized spacial score (nSPS) is 15.3. The Morgan fingerprint density at radius 1 is 1.17 bits per heavy atom. The lowest BCUT2D eigenvalue weighted by Gasteiger charge is -2.12. The SMILES string of the molecule is CC1CN=C(c2cc(Oc3cccc(CCC(=O)Nc4ccc(Cl)c(C(F)(F)F)c4)c3)ccn2)N1. The molecule has 2 heterocycles. The highest BCUT2D eigenvalue weighted by Crippen LogP contribution is 2.36. The zero-order valence-corrected chi connectivity index (χ0v) is 19.5. The van der Waals surface area contributed by atoms with E-state index in [1.807, 2.05) is 25.1 Å². The molecule has 0 saturated heterocycles. The lowest BCUT2D eigenvalue weighted by Crippen LogP contribution is -2.28. The molecular weight excluding hydrogens is 481 g/mol. The van der Waals surface area contributed by atoms with Crippen molar-refractivity contribution in [1.82, 2.24) is 10.3 Å². The minimum Gasteiger partial charge on any atom is -0.457 e. The van der Waals surface area contributed by atoms with Crippen LogP contribution in [0.3, 0.4) is 0 Å². The van der Waals surface area contributed by atoms with E-state index < -0.39 is 22.7 Å². The molecule has 0 bridgehead atoms. The second-order valence-corrected chi connectivity index (χ2v) is 8.51. The highest BCUT2D eigenvalue weighted by Gasteiger charge is 2.33. The number of hydrogen-bond donors (Lipinski definition) is 2. The number of amides is 1. The lowest BCUT2D eigenvalue weighted by molar-refractivity contribution is -0.137. The van der Waals surface area contributed by atoms with Crippen LogP contribution in [0.15, 0.2) is 65.8 Å². The van der Waals surface area contributed by atoms with Gasteiger partial charge in [-0.15, -0.1) is 0 Å². The number of anilines is 1. The number of amidine groups is 1. The molecule has 35 heavy (non-hydrogen) atoms. The number of pyridine rings is 1. The highest BCUT2D eigenvalue weighted by atomic mass is 35.5. The summed E-state index contributed by atoms with van der Waals surface area (Å²) in [5.41, 5.74) is 0.574. The summed E-state index contributed by atoms with van der Waals surface area (Å²) in [6.45, 7) is 2.73. The Kier molecular flexibility index (Phi) is 7.25. The Balaban J connectivity index is 1.36. The molecule has 1 aromatic heterocycles. The monoisotopic (exact) mass is 502 g/mol. The third kappa shape index (κ3) is 6.51. The van der Waals surface area contributed by atoms with Gasteiger partial charge < -0.3 is 15.4 Å². The zero-order chi connectivity index (χ0) is 25.0. The smallest absolute Gasteiger partial charge is 0.417 e. The fraction of sp³-hybridized carbons (Fsp3) is 0.240. The van der Waals surface area contributed by atoms with Crippen molar-refractivity contribution in [1.29, 1.82) is 0 Å². The number of aryl methyl sites for hydroxylation is 1. The average molecular weight is 503 g/mol. The predicted molar refractivity (Wildman–Crippen MR) is 128 cm³/mol. The van der Waals surface area contributed by atoms with Gasteiger partial charge in [0.25, 0.3) is 0 Å².